The molecule has 0 aromatic heterocycles. The number of hydrogen-bond donors (Lipinski definition) is 1. The van der Waals surface area contributed by atoms with Crippen LogP contribution in [-0.4, -0.2) is 49.2 Å². The average Bonchev–Trinajstić information content (AvgIpc) is 2.71. The van der Waals surface area contributed by atoms with E-state index in [1.807, 2.05) is 0 Å². The molecule has 4 bridgehead atoms. The maximum atomic E-state index is 13.3. The normalized spacial score (nSPS) is 39.2. The van der Waals surface area contributed by atoms with Crippen LogP contribution in [-0.2, 0) is 9.53 Å². The summed E-state index contributed by atoms with van der Waals surface area (Å²) in [7, 11) is 1.73. The van der Waals surface area contributed by atoms with Crippen molar-refractivity contribution in [2.45, 2.75) is 56.6 Å². The van der Waals surface area contributed by atoms with Crippen LogP contribution < -0.4 is 5.32 Å². The number of rotatable bonds is 2. The van der Waals surface area contributed by atoms with Crippen molar-refractivity contribution < 1.29 is 9.53 Å². The molecule has 3 aliphatic heterocycles. The number of methoxy groups -OCH3 is 1. The fourth-order valence-electron chi connectivity index (χ4n) is 5.63. The van der Waals surface area contributed by atoms with E-state index in [2.05, 4.69) is 10.2 Å². The average molecular weight is 329 g/mol. The van der Waals surface area contributed by atoms with Crippen LogP contribution in [0.5, 0.6) is 0 Å². The van der Waals surface area contributed by atoms with Gasteiger partial charge in [0.15, 0.2) is 0 Å². The van der Waals surface area contributed by atoms with E-state index in [1.54, 1.807) is 7.11 Å². The minimum atomic E-state index is -0.549. The first kappa shape index (κ1) is 16.5. The van der Waals surface area contributed by atoms with Crippen LogP contribution in [0.25, 0.3) is 0 Å². The molecule has 1 amide bonds. The molecule has 1 N–H and O–H groups in total. The maximum Gasteiger partial charge on any atom is 0.255 e. The van der Waals surface area contributed by atoms with Gasteiger partial charge in [0, 0.05) is 19.7 Å². The van der Waals surface area contributed by atoms with Gasteiger partial charge in [0.2, 0.25) is 0 Å². The highest BCUT2D eigenvalue weighted by molar-refractivity contribution is 5.86. The van der Waals surface area contributed by atoms with Crippen LogP contribution in [0.3, 0.4) is 0 Å². The van der Waals surface area contributed by atoms with E-state index in [1.165, 1.54) is 32.1 Å². The third-order valence-corrected chi connectivity index (χ3v) is 6.56. The van der Waals surface area contributed by atoms with Gasteiger partial charge in [0.25, 0.3) is 5.91 Å². The van der Waals surface area contributed by atoms with Crippen molar-refractivity contribution in [2.24, 2.45) is 17.8 Å². The van der Waals surface area contributed by atoms with E-state index in [0.29, 0.717) is 11.9 Å². The lowest BCUT2D eigenvalue weighted by Crippen LogP contribution is -2.58. The number of halogens is 1. The highest BCUT2D eigenvalue weighted by Gasteiger charge is 2.49. The summed E-state index contributed by atoms with van der Waals surface area (Å²) < 4.78 is 5.79. The minimum Gasteiger partial charge on any atom is -0.368 e. The summed E-state index contributed by atoms with van der Waals surface area (Å²) in [4.78, 5) is 15.5. The molecule has 5 heteroatoms. The van der Waals surface area contributed by atoms with Crippen molar-refractivity contribution in [1.29, 1.82) is 0 Å². The first-order valence-electron chi connectivity index (χ1n) is 8.77. The number of amides is 1. The number of piperidine rings is 1. The Morgan fingerprint density at radius 1 is 1.05 bits per heavy atom. The zero-order valence-corrected chi connectivity index (χ0v) is 14.4. The van der Waals surface area contributed by atoms with Gasteiger partial charge in [-0.25, -0.2) is 0 Å². The second-order valence-electron chi connectivity index (χ2n) is 7.84. The van der Waals surface area contributed by atoms with Crippen molar-refractivity contribution in [3.05, 3.63) is 0 Å². The number of nitrogens with one attached hydrogen (secondary N) is 1. The molecule has 4 nitrogen and oxygen atoms in total. The van der Waals surface area contributed by atoms with Crippen molar-refractivity contribution >= 4 is 18.3 Å². The van der Waals surface area contributed by atoms with Gasteiger partial charge in [-0.2, -0.15) is 0 Å². The molecule has 0 spiro atoms. The van der Waals surface area contributed by atoms with E-state index in [4.69, 9.17) is 4.74 Å². The minimum absolute atomic E-state index is 0. The lowest BCUT2D eigenvalue weighted by atomic mass is 9.68. The molecule has 2 unspecified atom stereocenters. The number of ether oxygens (including phenoxy) is 1. The van der Waals surface area contributed by atoms with E-state index in [9.17, 15) is 4.79 Å². The predicted octanol–water partition coefficient (Wildman–Crippen LogP) is 2.21. The van der Waals surface area contributed by atoms with E-state index >= 15 is 0 Å². The third kappa shape index (κ3) is 2.67. The van der Waals surface area contributed by atoms with Crippen LogP contribution in [0.15, 0.2) is 0 Å². The van der Waals surface area contributed by atoms with E-state index in [-0.39, 0.29) is 12.4 Å². The Balaban J connectivity index is 0.00000144. The Morgan fingerprint density at radius 2 is 1.64 bits per heavy atom. The molecule has 5 rings (SSSR count). The Labute approximate surface area is 139 Å². The number of fused-ring (bicyclic) bond motifs is 1. The van der Waals surface area contributed by atoms with Gasteiger partial charge in [-0.3, -0.25) is 4.79 Å². The molecule has 22 heavy (non-hydrogen) atoms. The summed E-state index contributed by atoms with van der Waals surface area (Å²) in [6.07, 6.45) is 8.28. The Morgan fingerprint density at radius 3 is 2.23 bits per heavy atom. The molecule has 5 fully saturated rings. The SMILES string of the molecule is COC1(C(=O)N2CC3CC4CC(C3)CC2C4)CCNCC1.Cl. The van der Waals surface area contributed by atoms with Crippen LogP contribution in [0.2, 0.25) is 0 Å². The highest BCUT2D eigenvalue weighted by Crippen LogP contribution is 2.48. The molecule has 126 valence electrons. The van der Waals surface area contributed by atoms with Gasteiger partial charge in [-0.1, -0.05) is 0 Å². The maximum absolute atomic E-state index is 13.3. The number of carbonyl (C=O) groups is 1. The molecule has 0 radical (unpaired) electrons. The largest absolute Gasteiger partial charge is 0.368 e. The van der Waals surface area contributed by atoms with Crippen LogP contribution >= 0.6 is 12.4 Å². The predicted molar refractivity (Wildman–Crippen MR) is 88.1 cm³/mol. The molecule has 2 saturated carbocycles. The van der Waals surface area contributed by atoms with Crippen LogP contribution in [0, 0.1) is 17.8 Å². The van der Waals surface area contributed by atoms with E-state index < -0.39 is 5.60 Å². The van der Waals surface area contributed by atoms with Gasteiger partial charge in [0.05, 0.1) is 0 Å². The molecule has 0 aromatic rings. The first-order chi connectivity index (χ1) is 10.2. The number of hydrogen-bond acceptors (Lipinski definition) is 3. The zero-order chi connectivity index (χ0) is 14.4. The topological polar surface area (TPSA) is 41.6 Å². The van der Waals surface area contributed by atoms with Gasteiger partial charge in [-0.05, 0) is 75.8 Å². The summed E-state index contributed by atoms with van der Waals surface area (Å²) in [5, 5.41) is 3.35. The van der Waals surface area contributed by atoms with Crippen molar-refractivity contribution in [1.82, 2.24) is 10.2 Å². The van der Waals surface area contributed by atoms with Gasteiger partial charge in [-0.15, -0.1) is 12.4 Å². The Kier molecular flexibility index (Phi) is 4.73. The molecule has 3 saturated heterocycles. The molecule has 0 aromatic carbocycles. The van der Waals surface area contributed by atoms with Gasteiger partial charge < -0.3 is 15.0 Å². The lowest BCUT2D eigenvalue weighted by molar-refractivity contribution is -0.161. The molecular formula is C17H29ClN2O2. The number of nitrogens with zero attached hydrogens (tertiary/aromatic N) is 1. The first-order valence-corrected chi connectivity index (χ1v) is 8.77. The molecule has 5 aliphatic rings. The fourth-order valence-corrected chi connectivity index (χ4v) is 5.63. The van der Waals surface area contributed by atoms with Crippen LogP contribution in [0.1, 0.15) is 44.9 Å². The fraction of sp³-hybridized carbons (Fsp3) is 0.941. The van der Waals surface area contributed by atoms with E-state index in [0.717, 1.165) is 50.2 Å². The number of carbonyl (C=O) groups excluding carboxylic acids is 1. The molecule has 2 aliphatic carbocycles. The summed E-state index contributed by atoms with van der Waals surface area (Å²) in [6.45, 7) is 2.79. The van der Waals surface area contributed by atoms with Crippen molar-refractivity contribution in [3.63, 3.8) is 0 Å². The standard InChI is InChI=1S/C17H28N2O2.ClH/c1-21-17(2-4-18-5-3-17)16(20)19-11-14-7-12-6-13(8-14)10-15(19)9-12;/h12-15,18H,2-11H2,1H3;1H. The summed E-state index contributed by atoms with van der Waals surface area (Å²) in [5.74, 6) is 2.82. The molecule has 3 heterocycles. The molecular weight excluding hydrogens is 300 g/mol. The van der Waals surface area contributed by atoms with Crippen molar-refractivity contribution in [3.8, 4) is 0 Å². The smallest absolute Gasteiger partial charge is 0.255 e. The monoisotopic (exact) mass is 328 g/mol. The van der Waals surface area contributed by atoms with Crippen molar-refractivity contribution in [2.75, 3.05) is 26.7 Å². The zero-order valence-electron chi connectivity index (χ0n) is 13.6. The quantitative estimate of drug-likeness (QED) is 0.845. The van der Waals surface area contributed by atoms with Gasteiger partial charge >= 0.3 is 0 Å². The Hall–Kier alpha value is -0.320. The second kappa shape index (κ2) is 6.29. The highest BCUT2D eigenvalue weighted by atomic mass is 35.5. The lowest BCUT2D eigenvalue weighted by Gasteiger charge is -2.43. The van der Waals surface area contributed by atoms with Crippen LogP contribution in [0.4, 0.5) is 0 Å². The third-order valence-electron chi connectivity index (χ3n) is 6.56. The summed E-state index contributed by atoms with van der Waals surface area (Å²) in [6, 6.07) is 0.496. The molecule has 2 atom stereocenters. The summed E-state index contributed by atoms with van der Waals surface area (Å²) in [5.41, 5.74) is -0.549. The Bertz CT molecular complexity index is 411. The van der Waals surface area contributed by atoms with Gasteiger partial charge in [0.1, 0.15) is 5.60 Å². The summed E-state index contributed by atoms with van der Waals surface area (Å²) >= 11 is 0. The second-order valence-corrected chi connectivity index (χ2v) is 7.84.